The lowest BCUT2D eigenvalue weighted by Crippen LogP contribution is -2.13. The van der Waals surface area contributed by atoms with Gasteiger partial charge in [-0.25, -0.2) is 13.4 Å². The quantitative estimate of drug-likeness (QED) is 0.792. The number of hydrogen-bond acceptors (Lipinski definition) is 5. The van der Waals surface area contributed by atoms with Gasteiger partial charge in [0, 0.05) is 0 Å². The molecule has 3 rings (SSSR count). The van der Waals surface area contributed by atoms with Crippen molar-refractivity contribution in [3.8, 4) is 5.82 Å². The molecule has 2 aromatic heterocycles. The third-order valence-corrected chi connectivity index (χ3v) is 4.41. The second-order valence-corrected chi connectivity index (χ2v) is 6.38. The molecular weight excluding hydrogens is 302 g/mol. The number of sulfonamides is 1. The summed E-state index contributed by atoms with van der Waals surface area (Å²) in [5, 5.41) is 7.38. The van der Waals surface area contributed by atoms with Gasteiger partial charge in [0.1, 0.15) is 18.5 Å². The minimum Gasteiger partial charge on any atom is -0.278 e. The van der Waals surface area contributed by atoms with Crippen LogP contribution in [0, 0.1) is 6.92 Å². The first kappa shape index (κ1) is 14.2. The fourth-order valence-corrected chi connectivity index (χ4v) is 2.89. The second kappa shape index (κ2) is 5.57. The first-order valence-corrected chi connectivity index (χ1v) is 7.93. The highest BCUT2D eigenvalue weighted by molar-refractivity contribution is 7.92. The van der Waals surface area contributed by atoms with E-state index in [1.54, 1.807) is 41.0 Å². The molecule has 0 saturated carbocycles. The van der Waals surface area contributed by atoms with Crippen LogP contribution >= 0.6 is 0 Å². The summed E-state index contributed by atoms with van der Waals surface area (Å²) in [5.74, 6) is 0.600. The molecule has 0 aliphatic rings. The molecule has 0 amide bonds. The summed E-state index contributed by atoms with van der Waals surface area (Å²) < 4.78 is 28.6. The summed E-state index contributed by atoms with van der Waals surface area (Å²) in [6, 6.07) is 9.95. The maximum Gasteiger partial charge on any atom is 0.261 e. The summed E-state index contributed by atoms with van der Waals surface area (Å²) in [4.78, 5) is 4.38. The highest BCUT2D eigenvalue weighted by Gasteiger charge is 2.14. The van der Waals surface area contributed by atoms with Gasteiger partial charge in [0.05, 0.1) is 16.8 Å². The number of aryl methyl sites for hydroxylation is 1. The molecule has 0 aliphatic carbocycles. The van der Waals surface area contributed by atoms with E-state index in [2.05, 4.69) is 19.9 Å². The third-order valence-electron chi connectivity index (χ3n) is 3.01. The lowest BCUT2D eigenvalue weighted by Gasteiger charge is -2.08. The number of rotatable bonds is 4. The highest BCUT2D eigenvalue weighted by Crippen LogP contribution is 2.16. The fourth-order valence-electron chi connectivity index (χ4n) is 1.85. The molecule has 8 heteroatoms. The van der Waals surface area contributed by atoms with E-state index in [4.69, 9.17) is 0 Å². The zero-order valence-electron chi connectivity index (χ0n) is 11.7. The Morgan fingerprint density at radius 3 is 2.27 bits per heavy atom. The predicted octanol–water partition coefficient (Wildman–Crippen LogP) is 1.77. The van der Waals surface area contributed by atoms with Crippen molar-refractivity contribution in [1.29, 1.82) is 0 Å². The second-order valence-electron chi connectivity index (χ2n) is 4.69. The van der Waals surface area contributed by atoms with Gasteiger partial charge in [-0.2, -0.15) is 0 Å². The van der Waals surface area contributed by atoms with Crippen LogP contribution < -0.4 is 4.72 Å². The molecule has 0 bridgehead atoms. The molecule has 7 nitrogen and oxygen atoms in total. The molecule has 0 spiro atoms. The molecule has 1 aromatic carbocycles. The van der Waals surface area contributed by atoms with Gasteiger partial charge in [0.25, 0.3) is 10.0 Å². The van der Waals surface area contributed by atoms with Crippen LogP contribution in [0.4, 0.5) is 5.69 Å². The highest BCUT2D eigenvalue weighted by atomic mass is 32.2. The zero-order valence-corrected chi connectivity index (χ0v) is 12.5. The normalized spacial score (nSPS) is 11.3. The van der Waals surface area contributed by atoms with Crippen molar-refractivity contribution in [3.63, 3.8) is 0 Å². The van der Waals surface area contributed by atoms with E-state index in [9.17, 15) is 8.42 Å². The van der Waals surface area contributed by atoms with Gasteiger partial charge in [-0.3, -0.25) is 9.29 Å². The molecular formula is C14H13N5O2S. The minimum atomic E-state index is -3.62. The number of benzene rings is 1. The van der Waals surface area contributed by atoms with Crippen LogP contribution in [-0.2, 0) is 10.0 Å². The van der Waals surface area contributed by atoms with Crippen LogP contribution in [0.5, 0.6) is 0 Å². The monoisotopic (exact) mass is 315 g/mol. The molecule has 2 heterocycles. The van der Waals surface area contributed by atoms with Gasteiger partial charge in [-0.05, 0) is 31.2 Å². The van der Waals surface area contributed by atoms with Gasteiger partial charge in [0.2, 0.25) is 0 Å². The lowest BCUT2D eigenvalue weighted by molar-refractivity contribution is 0.601. The van der Waals surface area contributed by atoms with Crippen molar-refractivity contribution in [2.45, 2.75) is 11.8 Å². The largest absolute Gasteiger partial charge is 0.278 e. The van der Waals surface area contributed by atoms with E-state index in [-0.39, 0.29) is 4.90 Å². The first-order chi connectivity index (χ1) is 10.5. The van der Waals surface area contributed by atoms with Gasteiger partial charge in [-0.1, -0.05) is 17.7 Å². The lowest BCUT2D eigenvalue weighted by atomic mass is 10.2. The van der Waals surface area contributed by atoms with Crippen LogP contribution in [0.1, 0.15) is 5.56 Å². The van der Waals surface area contributed by atoms with E-state index >= 15 is 0 Å². The van der Waals surface area contributed by atoms with Gasteiger partial charge in [0.15, 0.2) is 0 Å². The molecule has 0 radical (unpaired) electrons. The molecule has 22 heavy (non-hydrogen) atoms. The first-order valence-electron chi connectivity index (χ1n) is 6.45. The third kappa shape index (κ3) is 2.96. The Hall–Kier alpha value is -2.74. The molecule has 112 valence electrons. The van der Waals surface area contributed by atoms with Crippen LogP contribution in [0.2, 0.25) is 0 Å². The average molecular weight is 315 g/mol. The van der Waals surface area contributed by atoms with Crippen molar-refractivity contribution in [2.24, 2.45) is 0 Å². The zero-order chi connectivity index (χ0) is 15.6. The van der Waals surface area contributed by atoms with Crippen LogP contribution in [0.15, 0.2) is 60.1 Å². The van der Waals surface area contributed by atoms with Crippen molar-refractivity contribution < 1.29 is 8.42 Å². The molecule has 1 N–H and O–H groups in total. The summed E-state index contributed by atoms with van der Waals surface area (Å²) in [7, 11) is -3.62. The SMILES string of the molecule is Cc1ccc(S(=O)(=O)Nc2ccc(-n3cnnc3)nc2)cc1. The van der Waals surface area contributed by atoms with E-state index in [1.165, 1.54) is 18.9 Å². The number of nitrogens with one attached hydrogen (secondary N) is 1. The molecule has 0 saturated heterocycles. The Morgan fingerprint density at radius 2 is 1.68 bits per heavy atom. The fraction of sp³-hybridized carbons (Fsp3) is 0.0714. The van der Waals surface area contributed by atoms with E-state index in [1.807, 2.05) is 6.92 Å². The summed E-state index contributed by atoms with van der Waals surface area (Å²) >= 11 is 0. The molecule has 0 unspecified atom stereocenters. The number of aromatic nitrogens is 4. The predicted molar refractivity (Wildman–Crippen MR) is 81.1 cm³/mol. The summed E-state index contributed by atoms with van der Waals surface area (Å²) in [5.41, 5.74) is 1.39. The average Bonchev–Trinajstić information content (AvgIpc) is 3.02. The van der Waals surface area contributed by atoms with E-state index < -0.39 is 10.0 Å². The summed E-state index contributed by atoms with van der Waals surface area (Å²) in [6.45, 7) is 1.90. The van der Waals surface area contributed by atoms with Crippen LogP contribution in [0.25, 0.3) is 5.82 Å². The summed E-state index contributed by atoms with van der Waals surface area (Å²) in [6.07, 6.45) is 4.47. The van der Waals surface area contributed by atoms with Crippen LogP contribution in [0.3, 0.4) is 0 Å². The number of hydrogen-bond donors (Lipinski definition) is 1. The number of nitrogens with zero attached hydrogens (tertiary/aromatic N) is 4. The van der Waals surface area contributed by atoms with Gasteiger partial charge < -0.3 is 0 Å². The minimum absolute atomic E-state index is 0.209. The van der Waals surface area contributed by atoms with Crippen molar-refractivity contribution in [2.75, 3.05) is 4.72 Å². The van der Waals surface area contributed by atoms with Crippen molar-refractivity contribution in [1.82, 2.24) is 19.7 Å². The van der Waals surface area contributed by atoms with E-state index in [0.29, 0.717) is 11.5 Å². The van der Waals surface area contributed by atoms with Crippen molar-refractivity contribution in [3.05, 3.63) is 60.8 Å². The van der Waals surface area contributed by atoms with Crippen LogP contribution in [-0.4, -0.2) is 28.2 Å². The molecule has 0 aliphatic heterocycles. The Kier molecular flexibility index (Phi) is 3.60. The molecule has 0 atom stereocenters. The van der Waals surface area contributed by atoms with Gasteiger partial charge in [-0.15, -0.1) is 10.2 Å². The number of anilines is 1. The maximum atomic E-state index is 12.3. The Bertz CT molecular complexity index is 857. The smallest absolute Gasteiger partial charge is 0.261 e. The molecule has 3 aromatic rings. The Morgan fingerprint density at radius 1 is 1.00 bits per heavy atom. The maximum absolute atomic E-state index is 12.3. The standard InChI is InChI=1S/C14H13N5O2S/c1-11-2-5-13(6-3-11)22(20,21)18-12-4-7-14(15-8-12)19-9-16-17-10-19/h2-10,18H,1H3. The Balaban J connectivity index is 1.82. The van der Waals surface area contributed by atoms with Gasteiger partial charge >= 0.3 is 0 Å². The topological polar surface area (TPSA) is 89.8 Å². The van der Waals surface area contributed by atoms with E-state index in [0.717, 1.165) is 5.56 Å². The Labute approximate surface area is 127 Å². The van der Waals surface area contributed by atoms with Crippen molar-refractivity contribution >= 4 is 15.7 Å². The molecule has 0 fully saturated rings. The number of pyridine rings is 1.